The van der Waals surface area contributed by atoms with E-state index in [1.165, 1.54) is 11.0 Å². The average Bonchev–Trinajstić information content (AvgIpc) is 2.54. The fourth-order valence-corrected chi connectivity index (χ4v) is 2.94. The van der Waals surface area contributed by atoms with Gasteiger partial charge in [0.05, 0.1) is 5.56 Å². The minimum Gasteiger partial charge on any atom is -0.334 e. The first-order valence-corrected chi connectivity index (χ1v) is 8.19. The van der Waals surface area contributed by atoms with Crippen molar-refractivity contribution in [3.63, 3.8) is 0 Å². The van der Waals surface area contributed by atoms with E-state index in [0.29, 0.717) is 5.56 Å². The summed E-state index contributed by atoms with van der Waals surface area (Å²) >= 11 is 0. The Bertz CT molecular complexity index is 562. The number of amides is 2. The quantitative estimate of drug-likeness (QED) is 0.910. The molecule has 2 rings (SSSR count). The lowest BCUT2D eigenvalue weighted by molar-refractivity contribution is -0.137. The minimum atomic E-state index is -4.37. The lowest BCUT2D eigenvalue weighted by Crippen LogP contribution is -2.50. The maximum Gasteiger partial charge on any atom is 0.416 e. The molecule has 1 unspecified atom stereocenters. The van der Waals surface area contributed by atoms with Gasteiger partial charge in [0.25, 0.3) is 0 Å². The summed E-state index contributed by atoms with van der Waals surface area (Å²) in [4.78, 5) is 16.0. The topological polar surface area (TPSA) is 35.6 Å². The molecule has 1 aliphatic heterocycles. The molecular formula is C17H24F3N3O. The number of carbonyl (C=O) groups excluding carboxylic acids is 1. The number of halogens is 3. The van der Waals surface area contributed by atoms with Crippen molar-refractivity contribution in [2.24, 2.45) is 0 Å². The third-order valence-electron chi connectivity index (χ3n) is 4.30. The Morgan fingerprint density at radius 2 is 2.17 bits per heavy atom. The van der Waals surface area contributed by atoms with Crippen LogP contribution in [0.4, 0.5) is 18.0 Å². The molecule has 24 heavy (non-hydrogen) atoms. The molecule has 7 heteroatoms. The second kappa shape index (κ2) is 7.88. The molecule has 1 heterocycles. The fraction of sp³-hybridized carbons (Fsp3) is 0.588. The molecule has 4 nitrogen and oxygen atoms in total. The average molecular weight is 343 g/mol. The summed E-state index contributed by atoms with van der Waals surface area (Å²) < 4.78 is 38.2. The van der Waals surface area contributed by atoms with E-state index in [2.05, 4.69) is 17.1 Å². The summed E-state index contributed by atoms with van der Waals surface area (Å²) in [5, 5.41) is 2.97. The van der Waals surface area contributed by atoms with Crippen molar-refractivity contribution in [2.45, 2.75) is 38.5 Å². The standard InChI is InChI=1S/C17H24F3N3O/c1-3-23-9-5-8-15(12-23)21-16(24)22(2)11-13-6-4-7-14(10-13)17(18,19)20/h4,6-7,10,15H,3,5,8-9,11-12H2,1-2H3,(H,21,24). The van der Waals surface area contributed by atoms with E-state index in [1.807, 2.05) is 0 Å². The highest BCUT2D eigenvalue weighted by Crippen LogP contribution is 2.29. The van der Waals surface area contributed by atoms with Gasteiger partial charge in [0.15, 0.2) is 0 Å². The largest absolute Gasteiger partial charge is 0.416 e. The summed E-state index contributed by atoms with van der Waals surface area (Å²) in [5.41, 5.74) is -0.235. The summed E-state index contributed by atoms with van der Waals surface area (Å²) in [5.74, 6) is 0. The van der Waals surface area contributed by atoms with Crippen LogP contribution in [-0.4, -0.2) is 48.6 Å². The number of likely N-dealkylation sites (tertiary alicyclic amines) is 1. The predicted molar refractivity (Wildman–Crippen MR) is 86.6 cm³/mol. The zero-order valence-electron chi connectivity index (χ0n) is 14.1. The first-order valence-electron chi connectivity index (χ1n) is 8.19. The van der Waals surface area contributed by atoms with E-state index in [0.717, 1.165) is 44.6 Å². The first kappa shape index (κ1) is 18.6. The number of hydrogen-bond donors (Lipinski definition) is 1. The van der Waals surface area contributed by atoms with E-state index >= 15 is 0 Å². The van der Waals surface area contributed by atoms with Crippen molar-refractivity contribution in [1.29, 1.82) is 0 Å². The number of rotatable bonds is 4. The Balaban J connectivity index is 1.92. The predicted octanol–water partition coefficient (Wildman–Crippen LogP) is 3.33. The van der Waals surface area contributed by atoms with Crippen LogP contribution in [0.25, 0.3) is 0 Å². The second-order valence-corrected chi connectivity index (χ2v) is 6.24. The molecule has 0 saturated carbocycles. The van der Waals surface area contributed by atoms with Crippen LogP contribution in [0.1, 0.15) is 30.9 Å². The number of nitrogens with zero attached hydrogens (tertiary/aromatic N) is 2. The number of carbonyl (C=O) groups is 1. The van der Waals surface area contributed by atoms with Crippen molar-refractivity contribution in [2.75, 3.05) is 26.7 Å². The number of piperidine rings is 1. The number of likely N-dealkylation sites (N-methyl/N-ethyl adjacent to an activating group) is 1. The van der Waals surface area contributed by atoms with Crippen LogP contribution >= 0.6 is 0 Å². The Morgan fingerprint density at radius 1 is 1.42 bits per heavy atom. The minimum absolute atomic E-state index is 0.0927. The summed E-state index contributed by atoms with van der Waals surface area (Å²) in [6, 6.07) is 4.92. The molecule has 134 valence electrons. The molecule has 2 amide bonds. The van der Waals surface area contributed by atoms with Crippen molar-refractivity contribution < 1.29 is 18.0 Å². The molecule has 1 aliphatic rings. The highest BCUT2D eigenvalue weighted by molar-refractivity contribution is 5.74. The number of urea groups is 1. The number of nitrogens with one attached hydrogen (secondary N) is 1. The monoisotopic (exact) mass is 343 g/mol. The molecule has 1 atom stereocenters. The van der Waals surface area contributed by atoms with Gasteiger partial charge in [-0.15, -0.1) is 0 Å². The normalized spacial score (nSPS) is 19.1. The zero-order valence-corrected chi connectivity index (χ0v) is 14.1. The van der Waals surface area contributed by atoms with Gasteiger partial charge in [-0.3, -0.25) is 0 Å². The molecule has 1 fully saturated rings. The molecule has 1 N–H and O–H groups in total. The van der Waals surface area contributed by atoms with Gasteiger partial charge in [-0.05, 0) is 43.6 Å². The van der Waals surface area contributed by atoms with Gasteiger partial charge in [0.2, 0.25) is 0 Å². The van der Waals surface area contributed by atoms with Gasteiger partial charge in [0, 0.05) is 26.2 Å². The Hall–Kier alpha value is -1.76. The fourth-order valence-electron chi connectivity index (χ4n) is 2.94. The molecule has 0 aromatic heterocycles. The molecule has 1 aromatic rings. The summed E-state index contributed by atoms with van der Waals surface area (Å²) in [6.07, 6.45) is -2.40. The van der Waals surface area contributed by atoms with Crippen LogP contribution in [-0.2, 0) is 12.7 Å². The second-order valence-electron chi connectivity index (χ2n) is 6.24. The highest BCUT2D eigenvalue weighted by atomic mass is 19.4. The third-order valence-corrected chi connectivity index (χ3v) is 4.30. The summed E-state index contributed by atoms with van der Waals surface area (Å²) in [6.45, 7) is 5.04. The first-order chi connectivity index (χ1) is 11.3. The lowest BCUT2D eigenvalue weighted by Gasteiger charge is -2.33. The maximum atomic E-state index is 12.7. The van der Waals surface area contributed by atoms with E-state index in [-0.39, 0.29) is 18.6 Å². The van der Waals surface area contributed by atoms with Crippen LogP contribution in [0.15, 0.2) is 24.3 Å². The zero-order chi connectivity index (χ0) is 17.7. The van der Waals surface area contributed by atoms with Crippen LogP contribution in [0, 0.1) is 0 Å². The third kappa shape index (κ3) is 5.12. The van der Waals surface area contributed by atoms with Crippen LogP contribution in [0.5, 0.6) is 0 Å². The van der Waals surface area contributed by atoms with Crippen molar-refractivity contribution in [3.05, 3.63) is 35.4 Å². The van der Waals surface area contributed by atoms with Crippen LogP contribution < -0.4 is 5.32 Å². The SMILES string of the molecule is CCN1CCCC(NC(=O)N(C)Cc2cccc(C(F)(F)F)c2)C1. The van der Waals surface area contributed by atoms with E-state index in [1.54, 1.807) is 13.1 Å². The van der Waals surface area contributed by atoms with Gasteiger partial charge < -0.3 is 15.1 Å². The van der Waals surface area contributed by atoms with Gasteiger partial charge in [-0.25, -0.2) is 4.79 Å². The molecule has 1 saturated heterocycles. The number of alkyl halides is 3. The van der Waals surface area contributed by atoms with Crippen molar-refractivity contribution in [1.82, 2.24) is 15.1 Å². The van der Waals surface area contributed by atoms with E-state index < -0.39 is 11.7 Å². The molecule has 0 aliphatic carbocycles. The molecule has 0 spiro atoms. The van der Waals surface area contributed by atoms with Crippen molar-refractivity contribution >= 4 is 6.03 Å². The molecular weight excluding hydrogens is 319 g/mol. The summed E-state index contributed by atoms with van der Waals surface area (Å²) in [7, 11) is 1.59. The maximum absolute atomic E-state index is 12.7. The highest BCUT2D eigenvalue weighted by Gasteiger charge is 2.30. The van der Waals surface area contributed by atoms with Gasteiger partial charge in [0.1, 0.15) is 0 Å². The molecule has 1 aromatic carbocycles. The van der Waals surface area contributed by atoms with Gasteiger partial charge in [-0.2, -0.15) is 13.2 Å². The van der Waals surface area contributed by atoms with E-state index in [4.69, 9.17) is 0 Å². The molecule has 0 radical (unpaired) electrons. The number of hydrogen-bond acceptors (Lipinski definition) is 2. The van der Waals surface area contributed by atoms with Crippen LogP contribution in [0.2, 0.25) is 0 Å². The smallest absolute Gasteiger partial charge is 0.334 e. The lowest BCUT2D eigenvalue weighted by atomic mass is 10.1. The van der Waals surface area contributed by atoms with E-state index in [9.17, 15) is 18.0 Å². The van der Waals surface area contributed by atoms with Gasteiger partial charge in [-0.1, -0.05) is 19.1 Å². The van der Waals surface area contributed by atoms with Crippen LogP contribution in [0.3, 0.4) is 0 Å². The Labute approximate surface area is 140 Å². The number of benzene rings is 1. The Kier molecular flexibility index (Phi) is 6.10. The molecule has 0 bridgehead atoms. The van der Waals surface area contributed by atoms with Gasteiger partial charge >= 0.3 is 12.2 Å². The van der Waals surface area contributed by atoms with Crippen molar-refractivity contribution in [3.8, 4) is 0 Å². The Morgan fingerprint density at radius 3 is 2.83 bits per heavy atom.